The van der Waals surface area contributed by atoms with E-state index in [4.69, 9.17) is 0 Å². The predicted molar refractivity (Wildman–Crippen MR) is 112 cm³/mol. The molecule has 0 bridgehead atoms. The summed E-state index contributed by atoms with van der Waals surface area (Å²) in [5, 5.41) is 4.50. The monoisotopic (exact) mass is 415 g/mol. The van der Waals surface area contributed by atoms with Gasteiger partial charge in [0.05, 0.1) is 5.56 Å². The van der Waals surface area contributed by atoms with E-state index >= 15 is 0 Å². The Bertz CT molecular complexity index is 943. The van der Waals surface area contributed by atoms with E-state index in [1.165, 1.54) is 12.1 Å². The molecular formula is C23H21F3NOP. The van der Waals surface area contributed by atoms with Crippen molar-refractivity contribution in [3.8, 4) is 0 Å². The van der Waals surface area contributed by atoms with Crippen LogP contribution < -0.4 is 15.7 Å². The SMILES string of the molecule is C=CCC(NP(=O)(c1ccccc1)c1ccccc1)c1ccc(C(F)(F)F)cc1. The molecule has 2 nitrogen and oxygen atoms in total. The summed E-state index contributed by atoms with van der Waals surface area (Å²) < 4.78 is 52.9. The quantitative estimate of drug-likeness (QED) is 0.388. The van der Waals surface area contributed by atoms with E-state index in [-0.39, 0.29) is 0 Å². The highest BCUT2D eigenvalue weighted by molar-refractivity contribution is 7.76. The summed E-state index contributed by atoms with van der Waals surface area (Å²) in [5.41, 5.74) is -0.0992. The van der Waals surface area contributed by atoms with Gasteiger partial charge in [0.25, 0.3) is 0 Å². The van der Waals surface area contributed by atoms with Crippen LogP contribution in [0.15, 0.2) is 97.6 Å². The molecule has 0 heterocycles. The maximum Gasteiger partial charge on any atom is 0.416 e. The van der Waals surface area contributed by atoms with Crippen molar-refractivity contribution in [3.63, 3.8) is 0 Å². The lowest BCUT2D eigenvalue weighted by Crippen LogP contribution is -2.30. The van der Waals surface area contributed by atoms with Gasteiger partial charge in [-0.05, 0) is 48.4 Å². The number of benzene rings is 3. The smallest absolute Gasteiger partial charge is 0.297 e. The molecule has 1 N–H and O–H groups in total. The lowest BCUT2D eigenvalue weighted by Gasteiger charge is -2.27. The van der Waals surface area contributed by atoms with Crippen LogP contribution in [0, 0.1) is 0 Å². The molecule has 0 spiro atoms. The maximum absolute atomic E-state index is 14.2. The van der Waals surface area contributed by atoms with E-state index in [0.717, 1.165) is 12.1 Å². The summed E-state index contributed by atoms with van der Waals surface area (Å²) >= 11 is 0. The maximum atomic E-state index is 14.2. The molecule has 0 amide bonds. The van der Waals surface area contributed by atoms with Crippen molar-refractivity contribution in [1.82, 2.24) is 5.09 Å². The first-order valence-corrected chi connectivity index (χ1v) is 10.8. The Labute approximate surface area is 168 Å². The lowest BCUT2D eigenvalue weighted by atomic mass is 10.0. The number of alkyl halides is 3. The number of hydrogen-bond donors (Lipinski definition) is 1. The Morgan fingerprint density at radius 3 is 1.76 bits per heavy atom. The van der Waals surface area contributed by atoms with Crippen molar-refractivity contribution in [2.45, 2.75) is 18.6 Å². The van der Waals surface area contributed by atoms with Gasteiger partial charge in [-0.15, -0.1) is 6.58 Å². The highest BCUT2D eigenvalue weighted by Gasteiger charge is 2.32. The molecule has 1 unspecified atom stereocenters. The lowest BCUT2D eigenvalue weighted by molar-refractivity contribution is -0.137. The number of nitrogens with one attached hydrogen (secondary N) is 1. The van der Waals surface area contributed by atoms with Crippen LogP contribution in [0.4, 0.5) is 13.2 Å². The fourth-order valence-electron chi connectivity index (χ4n) is 3.13. The zero-order valence-electron chi connectivity index (χ0n) is 15.6. The van der Waals surface area contributed by atoms with Crippen molar-refractivity contribution in [2.75, 3.05) is 0 Å². The summed E-state index contributed by atoms with van der Waals surface area (Å²) in [6, 6.07) is 22.6. The van der Waals surface area contributed by atoms with Crippen molar-refractivity contribution >= 4 is 17.9 Å². The molecule has 3 aromatic carbocycles. The van der Waals surface area contributed by atoms with Crippen LogP contribution in [0.1, 0.15) is 23.6 Å². The predicted octanol–water partition coefficient (Wildman–Crippen LogP) is 5.84. The second-order valence-electron chi connectivity index (χ2n) is 6.61. The fourth-order valence-corrected chi connectivity index (χ4v) is 5.60. The molecule has 3 rings (SSSR count). The average molecular weight is 415 g/mol. The van der Waals surface area contributed by atoms with Crippen LogP contribution in [0.25, 0.3) is 0 Å². The third kappa shape index (κ3) is 4.87. The van der Waals surface area contributed by atoms with Gasteiger partial charge in [0.2, 0.25) is 7.29 Å². The summed E-state index contributed by atoms with van der Waals surface area (Å²) in [7, 11) is -3.24. The van der Waals surface area contributed by atoms with Crippen LogP contribution in [0.3, 0.4) is 0 Å². The first-order chi connectivity index (χ1) is 13.8. The number of rotatable bonds is 7. The molecule has 0 aliphatic rings. The first kappa shape index (κ1) is 21.1. The fraction of sp³-hybridized carbons (Fsp3) is 0.130. The molecule has 0 aliphatic heterocycles. The molecule has 0 aliphatic carbocycles. The van der Waals surface area contributed by atoms with Gasteiger partial charge in [-0.3, -0.25) is 9.65 Å². The molecule has 0 fully saturated rings. The van der Waals surface area contributed by atoms with Crippen molar-refractivity contribution in [2.24, 2.45) is 0 Å². The second kappa shape index (κ2) is 8.81. The highest BCUT2D eigenvalue weighted by atomic mass is 31.2. The van der Waals surface area contributed by atoms with Gasteiger partial charge >= 0.3 is 6.18 Å². The molecule has 3 aromatic rings. The van der Waals surface area contributed by atoms with Crippen LogP contribution in [0.2, 0.25) is 0 Å². The zero-order valence-corrected chi connectivity index (χ0v) is 16.5. The van der Waals surface area contributed by atoms with E-state index < -0.39 is 25.1 Å². The Hall–Kier alpha value is -2.62. The Kier molecular flexibility index (Phi) is 6.41. The minimum absolute atomic E-state index is 0.412. The Balaban J connectivity index is 2.02. The standard InChI is InChI=1S/C23H21F3NOP/c1-2-9-22(18-14-16-19(17-15-18)23(24,25)26)27-29(28,20-10-5-3-6-11-20)21-12-7-4-8-13-21/h2-8,10-17,22H,1,9H2,(H,27,28). The van der Waals surface area contributed by atoms with Crippen LogP contribution in [-0.4, -0.2) is 0 Å². The van der Waals surface area contributed by atoms with Gasteiger partial charge in [-0.2, -0.15) is 13.2 Å². The zero-order chi connectivity index (χ0) is 20.9. The number of halogens is 3. The molecule has 150 valence electrons. The largest absolute Gasteiger partial charge is 0.416 e. The molecular weight excluding hydrogens is 394 g/mol. The minimum atomic E-state index is -4.40. The third-order valence-corrected chi connectivity index (χ3v) is 7.35. The normalized spacial score (nSPS) is 13.1. The Morgan fingerprint density at radius 2 is 1.34 bits per heavy atom. The molecule has 0 saturated carbocycles. The summed E-state index contributed by atoms with van der Waals surface area (Å²) in [6.07, 6.45) is -2.33. The summed E-state index contributed by atoms with van der Waals surface area (Å²) in [4.78, 5) is 0. The average Bonchev–Trinajstić information content (AvgIpc) is 2.74. The van der Waals surface area contributed by atoms with Crippen molar-refractivity contribution < 1.29 is 17.7 Å². The van der Waals surface area contributed by atoms with Crippen molar-refractivity contribution in [1.29, 1.82) is 0 Å². The molecule has 6 heteroatoms. The molecule has 0 saturated heterocycles. The van der Waals surface area contributed by atoms with Gasteiger partial charge in [-0.25, -0.2) is 0 Å². The molecule has 29 heavy (non-hydrogen) atoms. The highest BCUT2D eigenvalue weighted by Crippen LogP contribution is 2.42. The van der Waals surface area contributed by atoms with E-state index in [0.29, 0.717) is 22.6 Å². The summed E-state index contributed by atoms with van der Waals surface area (Å²) in [5.74, 6) is 0. The molecule has 1 atom stereocenters. The topological polar surface area (TPSA) is 29.1 Å². The van der Waals surface area contributed by atoms with Gasteiger partial charge < -0.3 is 0 Å². The van der Waals surface area contributed by atoms with Gasteiger partial charge in [0, 0.05) is 16.7 Å². The van der Waals surface area contributed by atoms with Crippen molar-refractivity contribution in [3.05, 3.63) is 109 Å². The molecule has 0 radical (unpaired) electrons. The summed E-state index contributed by atoms with van der Waals surface area (Å²) in [6.45, 7) is 3.75. The van der Waals surface area contributed by atoms with E-state index in [1.54, 1.807) is 30.3 Å². The number of hydrogen-bond acceptors (Lipinski definition) is 1. The van der Waals surface area contributed by atoms with E-state index in [9.17, 15) is 17.7 Å². The second-order valence-corrected chi connectivity index (χ2v) is 9.12. The molecule has 0 aromatic heterocycles. The first-order valence-electron chi connectivity index (χ1n) is 9.12. The van der Waals surface area contributed by atoms with Gasteiger partial charge in [0.15, 0.2) is 0 Å². The van der Waals surface area contributed by atoms with Gasteiger partial charge in [0.1, 0.15) is 0 Å². The minimum Gasteiger partial charge on any atom is -0.297 e. The third-order valence-electron chi connectivity index (χ3n) is 4.62. The van der Waals surface area contributed by atoms with Crippen LogP contribution in [-0.2, 0) is 10.7 Å². The Morgan fingerprint density at radius 1 is 0.862 bits per heavy atom. The van der Waals surface area contributed by atoms with E-state index in [1.807, 2.05) is 36.4 Å². The van der Waals surface area contributed by atoms with Crippen LogP contribution in [0.5, 0.6) is 0 Å². The van der Waals surface area contributed by atoms with E-state index in [2.05, 4.69) is 11.7 Å². The van der Waals surface area contributed by atoms with Gasteiger partial charge in [-0.1, -0.05) is 54.6 Å². The van der Waals surface area contributed by atoms with Crippen LogP contribution >= 0.6 is 7.29 Å².